The Morgan fingerprint density at radius 3 is 2.35 bits per heavy atom. The van der Waals surface area contributed by atoms with Crippen molar-refractivity contribution in [2.75, 3.05) is 0 Å². The van der Waals surface area contributed by atoms with Crippen molar-refractivity contribution in [2.45, 2.75) is 18.4 Å². The Bertz CT molecular complexity index is 650. The van der Waals surface area contributed by atoms with Gasteiger partial charge in [-0.1, -0.05) is 35.9 Å². The lowest BCUT2D eigenvalue weighted by Crippen LogP contribution is -2.35. The minimum Gasteiger partial charge on any atom is -0.342 e. The molecule has 1 N–H and O–H groups in total. The van der Waals surface area contributed by atoms with Gasteiger partial charge in [0.1, 0.15) is 5.82 Å². The molecule has 0 radical (unpaired) electrons. The van der Waals surface area contributed by atoms with E-state index in [-0.39, 0.29) is 17.0 Å². The second-order valence-corrected chi connectivity index (χ2v) is 5.46. The molecule has 1 fully saturated rings. The molecule has 1 aliphatic rings. The third kappa shape index (κ3) is 2.41. The lowest BCUT2D eigenvalue weighted by molar-refractivity contribution is 0.0926. The maximum Gasteiger partial charge on any atom is 0.254 e. The van der Waals surface area contributed by atoms with Crippen LogP contribution in [0.1, 0.15) is 28.8 Å². The van der Waals surface area contributed by atoms with Crippen LogP contribution in [0, 0.1) is 5.82 Å². The van der Waals surface area contributed by atoms with E-state index < -0.39 is 5.82 Å². The summed E-state index contributed by atoms with van der Waals surface area (Å²) in [4.78, 5) is 12.2. The fourth-order valence-corrected chi connectivity index (χ4v) is 2.44. The predicted octanol–water partition coefficient (Wildman–Crippen LogP) is 3.90. The van der Waals surface area contributed by atoms with E-state index in [1.165, 1.54) is 12.1 Å². The molecule has 1 amide bonds. The molecule has 0 bridgehead atoms. The fraction of sp³-hybridized carbons (Fsp3) is 0.188. The van der Waals surface area contributed by atoms with Crippen LogP contribution < -0.4 is 5.32 Å². The zero-order chi connectivity index (χ0) is 14.2. The Hall–Kier alpha value is -1.87. The molecular weight excluding hydrogens is 277 g/mol. The smallest absolute Gasteiger partial charge is 0.254 e. The standard InChI is InChI=1S/C16H13ClFNO/c17-12-7-5-11(6-8-12)16(9-10-16)19-15(20)13-3-1-2-4-14(13)18/h1-8H,9-10H2,(H,19,20). The van der Waals surface area contributed by atoms with Crippen LogP contribution in [-0.2, 0) is 5.54 Å². The van der Waals surface area contributed by atoms with Gasteiger partial charge in [-0.25, -0.2) is 4.39 Å². The molecule has 2 aromatic rings. The molecule has 0 saturated heterocycles. The number of carbonyl (C=O) groups is 1. The van der Waals surface area contributed by atoms with Gasteiger partial charge in [-0.15, -0.1) is 0 Å². The van der Waals surface area contributed by atoms with E-state index in [2.05, 4.69) is 5.32 Å². The average molecular weight is 290 g/mol. The van der Waals surface area contributed by atoms with E-state index in [0.717, 1.165) is 18.4 Å². The van der Waals surface area contributed by atoms with E-state index in [1.54, 1.807) is 24.3 Å². The largest absolute Gasteiger partial charge is 0.342 e. The summed E-state index contributed by atoms with van der Waals surface area (Å²) in [5, 5.41) is 3.60. The first-order valence-corrected chi connectivity index (χ1v) is 6.82. The van der Waals surface area contributed by atoms with Gasteiger partial charge in [-0.05, 0) is 42.7 Å². The number of amides is 1. The number of hydrogen-bond acceptors (Lipinski definition) is 1. The number of nitrogens with one attached hydrogen (secondary N) is 1. The van der Waals surface area contributed by atoms with E-state index in [9.17, 15) is 9.18 Å². The number of rotatable bonds is 3. The molecule has 2 aromatic carbocycles. The monoisotopic (exact) mass is 289 g/mol. The molecule has 3 rings (SSSR count). The normalized spacial score (nSPS) is 15.7. The van der Waals surface area contributed by atoms with Crippen molar-refractivity contribution in [1.29, 1.82) is 0 Å². The molecule has 2 nitrogen and oxygen atoms in total. The van der Waals surface area contributed by atoms with Gasteiger partial charge in [-0.2, -0.15) is 0 Å². The summed E-state index contributed by atoms with van der Waals surface area (Å²) >= 11 is 5.87. The highest BCUT2D eigenvalue weighted by Crippen LogP contribution is 2.45. The molecule has 0 aromatic heterocycles. The minimum absolute atomic E-state index is 0.0766. The Morgan fingerprint density at radius 1 is 1.10 bits per heavy atom. The first kappa shape index (κ1) is 13.1. The lowest BCUT2D eigenvalue weighted by Gasteiger charge is -2.18. The highest BCUT2D eigenvalue weighted by atomic mass is 35.5. The average Bonchev–Trinajstić information content (AvgIpc) is 3.20. The first-order chi connectivity index (χ1) is 9.61. The third-order valence-corrected chi connectivity index (χ3v) is 3.87. The summed E-state index contributed by atoms with van der Waals surface area (Å²) in [6, 6.07) is 13.4. The SMILES string of the molecule is O=C(NC1(c2ccc(Cl)cc2)CC1)c1ccccc1F. The summed E-state index contributed by atoms with van der Waals surface area (Å²) in [6.07, 6.45) is 1.71. The Morgan fingerprint density at radius 2 is 1.75 bits per heavy atom. The Kier molecular flexibility index (Phi) is 3.22. The van der Waals surface area contributed by atoms with Crippen LogP contribution in [0.25, 0.3) is 0 Å². The van der Waals surface area contributed by atoms with E-state index >= 15 is 0 Å². The number of hydrogen-bond donors (Lipinski definition) is 1. The van der Waals surface area contributed by atoms with Crippen molar-refractivity contribution >= 4 is 17.5 Å². The molecule has 0 aliphatic heterocycles. The fourth-order valence-electron chi connectivity index (χ4n) is 2.31. The molecule has 4 heteroatoms. The van der Waals surface area contributed by atoms with Crippen LogP contribution in [0.15, 0.2) is 48.5 Å². The third-order valence-electron chi connectivity index (χ3n) is 3.62. The van der Waals surface area contributed by atoms with Gasteiger partial charge in [0, 0.05) is 5.02 Å². The molecule has 0 heterocycles. The number of benzene rings is 2. The Labute approximate surface area is 121 Å². The maximum absolute atomic E-state index is 13.6. The molecular formula is C16H13ClFNO. The van der Waals surface area contributed by atoms with Gasteiger partial charge in [0.15, 0.2) is 0 Å². The number of halogens is 2. The van der Waals surface area contributed by atoms with E-state index in [4.69, 9.17) is 11.6 Å². The summed E-state index contributed by atoms with van der Waals surface area (Å²) in [7, 11) is 0. The van der Waals surface area contributed by atoms with Crippen LogP contribution in [0.3, 0.4) is 0 Å². The van der Waals surface area contributed by atoms with Crippen LogP contribution in [0.4, 0.5) is 4.39 Å². The molecule has 0 atom stereocenters. The van der Waals surface area contributed by atoms with Crippen molar-refractivity contribution in [3.05, 3.63) is 70.5 Å². The van der Waals surface area contributed by atoms with Gasteiger partial charge >= 0.3 is 0 Å². The van der Waals surface area contributed by atoms with Gasteiger partial charge in [-0.3, -0.25) is 4.79 Å². The van der Waals surface area contributed by atoms with Crippen molar-refractivity contribution in [3.63, 3.8) is 0 Å². The summed E-state index contributed by atoms with van der Waals surface area (Å²) < 4.78 is 13.6. The molecule has 1 saturated carbocycles. The van der Waals surface area contributed by atoms with Crippen molar-refractivity contribution in [2.24, 2.45) is 0 Å². The van der Waals surface area contributed by atoms with Crippen LogP contribution >= 0.6 is 11.6 Å². The first-order valence-electron chi connectivity index (χ1n) is 6.44. The van der Waals surface area contributed by atoms with E-state index in [0.29, 0.717) is 5.02 Å². The van der Waals surface area contributed by atoms with E-state index in [1.807, 2.05) is 12.1 Å². The van der Waals surface area contributed by atoms with Crippen molar-refractivity contribution in [3.8, 4) is 0 Å². The predicted molar refractivity (Wildman–Crippen MR) is 76.2 cm³/mol. The zero-order valence-corrected chi connectivity index (χ0v) is 11.5. The minimum atomic E-state index is -0.503. The second-order valence-electron chi connectivity index (χ2n) is 5.02. The van der Waals surface area contributed by atoms with Crippen LogP contribution in [0.2, 0.25) is 5.02 Å². The van der Waals surface area contributed by atoms with Gasteiger partial charge in [0.25, 0.3) is 5.91 Å². The van der Waals surface area contributed by atoms with Gasteiger partial charge in [0.2, 0.25) is 0 Å². The molecule has 20 heavy (non-hydrogen) atoms. The maximum atomic E-state index is 13.6. The lowest BCUT2D eigenvalue weighted by atomic mass is 10.0. The quantitative estimate of drug-likeness (QED) is 0.912. The molecule has 0 unspecified atom stereocenters. The number of carbonyl (C=O) groups excluding carboxylic acids is 1. The molecule has 0 spiro atoms. The van der Waals surface area contributed by atoms with Crippen LogP contribution in [-0.4, -0.2) is 5.91 Å². The summed E-state index contributed by atoms with van der Waals surface area (Å²) in [6.45, 7) is 0. The van der Waals surface area contributed by atoms with Gasteiger partial charge < -0.3 is 5.32 Å². The Balaban J connectivity index is 1.82. The topological polar surface area (TPSA) is 29.1 Å². The molecule has 1 aliphatic carbocycles. The highest BCUT2D eigenvalue weighted by Gasteiger charge is 2.45. The second kappa shape index (κ2) is 4.91. The van der Waals surface area contributed by atoms with Crippen molar-refractivity contribution in [1.82, 2.24) is 5.32 Å². The van der Waals surface area contributed by atoms with Crippen LogP contribution in [0.5, 0.6) is 0 Å². The van der Waals surface area contributed by atoms with Crippen molar-refractivity contribution < 1.29 is 9.18 Å². The zero-order valence-electron chi connectivity index (χ0n) is 10.7. The molecule has 102 valence electrons. The summed E-state index contributed by atoms with van der Waals surface area (Å²) in [5.41, 5.74) is 0.712. The van der Waals surface area contributed by atoms with Gasteiger partial charge in [0.05, 0.1) is 11.1 Å². The summed E-state index contributed by atoms with van der Waals surface area (Å²) in [5.74, 6) is -0.882. The highest BCUT2D eigenvalue weighted by molar-refractivity contribution is 6.30.